The molecule has 104 valence electrons. The van der Waals surface area contributed by atoms with Crippen LogP contribution < -0.4 is 10.6 Å². The SMILES string of the molecule is Cc1cccc(NC(=O)NCC2(O)CCSC2)c1C. The molecule has 1 heterocycles. The summed E-state index contributed by atoms with van der Waals surface area (Å²) in [6.45, 7) is 4.29. The van der Waals surface area contributed by atoms with E-state index in [1.165, 1.54) is 0 Å². The highest BCUT2D eigenvalue weighted by Gasteiger charge is 2.31. The summed E-state index contributed by atoms with van der Waals surface area (Å²) in [5.74, 6) is 1.65. The first-order chi connectivity index (χ1) is 9.00. The lowest BCUT2D eigenvalue weighted by Gasteiger charge is -2.21. The molecule has 0 radical (unpaired) electrons. The van der Waals surface area contributed by atoms with E-state index in [9.17, 15) is 9.90 Å². The molecular weight excluding hydrogens is 260 g/mol. The summed E-state index contributed by atoms with van der Waals surface area (Å²) in [7, 11) is 0. The molecule has 0 bridgehead atoms. The van der Waals surface area contributed by atoms with Gasteiger partial charge in [0, 0.05) is 18.0 Å². The number of urea groups is 1. The molecule has 4 nitrogen and oxygen atoms in total. The number of rotatable bonds is 3. The van der Waals surface area contributed by atoms with Gasteiger partial charge in [-0.15, -0.1) is 0 Å². The van der Waals surface area contributed by atoms with Crippen molar-refractivity contribution in [3.8, 4) is 0 Å². The Balaban J connectivity index is 1.89. The second-order valence-electron chi connectivity index (χ2n) is 5.08. The lowest BCUT2D eigenvalue weighted by atomic mass is 10.0. The molecule has 0 saturated carbocycles. The minimum atomic E-state index is -0.746. The third kappa shape index (κ3) is 3.64. The second kappa shape index (κ2) is 5.84. The van der Waals surface area contributed by atoms with Crippen molar-refractivity contribution in [1.29, 1.82) is 0 Å². The van der Waals surface area contributed by atoms with Gasteiger partial charge in [-0.3, -0.25) is 0 Å². The van der Waals surface area contributed by atoms with Gasteiger partial charge in [-0.2, -0.15) is 11.8 Å². The van der Waals surface area contributed by atoms with Crippen molar-refractivity contribution in [1.82, 2.24) is 5.32 Å². The molecular formula is C14H20N2O2S. The second-order valence-corrected chi connectivity index (χ2v) is 6.19. The molecule has 5 heteroatoms. The first-order valence-corrected chi connectivity index (χ1v) is 7.57. The number of nitrogens with one attached hydrogen (secondary N) is 2. The molecule has 1 atom stereocenters. The maximum atomic E-state index is 11.8. The highest BCUT2D eigenvalue weighted by molar-refractivity contribution is 7.99. The minimum Gasteiger partial charge on any atom is -0.387 e. The van der Waals surface area contributed by atoms with Gasteiger partial charge in [0.15, 0.2) is 0 Å². The first-order valence-electron chi connectivity index (χ1n) is 6.41. The number of thioether (sulfide) groups is 1. The zero-order valence-electron chi connectivity index (χ0n) is 11.3. The van der Waals surface area contributed by atoms with Crippen molar-refractivity contribution >= 4 is 23.5 Å². The van der Waals surface area contributed by atoms with E-state index in [1.807, 2.05) is 32.0 Å². The highest BCUT2D eigenvalue weighted by atomic mass is 32.2. The molecule has 0 aromatic heterocycles. The Bertz CT molecular complexity index is 471. The molecule has 0 spiro atoms. The van der Waals surface area contributed by atoms with E-state index in [2.05, 4.69) is 10.6 Å². The summed E-state index contributed by atoms with van der Waals surface area (Å²) in [4.78, 5) is 11.8. The quantitative estimate of drug-likeness (QED) is 0.796. The van der Waals surface area contributed by atoms with Gasteiger partial charge in [0.05, 0.1) is 5.60 Å². The maximum Gasteiger partial charge on any atom is 0.319 e. The van der Waals surface area contributed by atoms with E-state index in [4.69, 9.17) is 0 Å². The van der Waals surface area contributed by atoms with Gasteiger partial charge >= 0.3 is 6.03 Å². The van der Waals surface area contributed by atoms with Crippen molar-refractivity contribution in [2.45, 2.75) is 25.9 Å². The normalized spacial score (nSPS) is 22.3. The number of carbonyl (C=O) groups is 1. The Morgan fingerprint density at radius 1 is 1.47 bits per heavy atom. The van der Waals surface area contributed by atoms with Crippen LogP contribution in [0.3, 0.4) is 0 Å². The van der Waals surface area contributed by atoms with Gasteiger partial charge in [-0.25, -0.2) is 4.79 Å². The summed E-state index contributed by atoms with van der Waals surface area (Å²) in [5, 5.41) is 15.7. The van der Waals surface area contributed by atoms with Crippen LogP contribution in [-0.4, -0.2) is 34.8 Å². The number of hydrogen-bond donors (Lipinski definition) is 3. The van der Waals surface area contributed by atoms with E-state index in [0.717, 1.165) is 29.0 Å². The number of aliphatic hydroxyl groups is 1. The van der Waals surface area contributed by atoms with Crippen molar-refractivity contribution in [2.75, 3.05) is 23.4 Å². The van der Waals surface area contributed by atoms with Crippen LogP contribution in [0.5, 0.6) is 0 Å². The average Bonchev–Trinajstić information content (AvgIpc) is 2.80. The Morgan fingerprint density at radius 2 is 2.26 bits per heavy atom. The van der Waals surface area contributed by atoms with Gasteiger partial charge in [-0.1, -0.05) is 12.1 Å². The lowest BCUT2D eigenvalue weighted by molar-refractivity contribution is 0.0706. The molecule has 0 aliphatic carbocycles. The zero-order chi connectivity index (χ0) is 13.9. The third-order valence-corrected chi connectivity index (χ3v) is 4.75. The maximum absolute atomic E-state index is 11.8. The average molecular weight is 280 g/mol. The first kappa shape index (κ1) is 14.2. The van der Waals surface area contributed by atoms with Crippen molar-refractivity contribution in [3.05, 3.63) is 29.3 Å². The van der Waals surface area contributed by atoms with Gasteiger partial charge < -0.3 is 15.7 Å². The predicted molar refractivity (Wildman–Crippen MR) is 79.8 cm³/mol. The highest BCUT2D eigenvalue weighted by Crippen LogP contribution is 2.27. The Morgan fingerprint density at radius 3 is 2.95 bits per heavy atom. The molecule has 2 rings (SSSR count). The zero-order valence-corrected chi connectivity index (χ0v) is 12.1. The standard InChI is InChI=1S/C14H20N2O2S/c1-10-4-3-5-12(11(10)2)16-13(17)15-8-14(18)6-7-19-9-14/h3-5,18H,6-9H2,1-2H3,(H2,15,16,17). The monoisotopic (exact) mass is 280 g/mol. The number of benzene rings is 1. The van der Waals surface area contributed by atoms with Crippen molar-refractivity contribution in [3.63, 3.8) is 0 Å². The van der Waals surface area contributed by atoms with E-state index in [-0.39, 0.29) is 6.03 Å². The van der Waals surface area contributed by atoms with Crippen LogP contribution in [0.15, 0.2) is 18.2 Å². The molecule has 1 unspecified atom stereocenters. The Kier molecular flexibility index (Phi) is 4.37. The summed E-state index contributed by atoms with van der Waals surface area (Å²) in [6.07, 6.45) is 0.738. The fraction of sp³-hybridized carbons (Fsp3) is 0.500. The minimum absolute atomic E-state index is 0.265. The molecule has 1 aliphatic rings. The van der Waals surface area contributed by atoms with Crippen LogP contribution in [0.1, 0.15) is 17.5 Å². The fourth-order valence-corrected chi connectivity index (χ4v) is 3.33. The van der Waals surface area contributed by atoms with E-state index >= 15 is 0 Å². The summed E-state index contributed by atoms with van der Waals surface area (Å²) < 4.78 is 0. The number of carbonyl (C=O) groups excluding carboxylic acids is 1. The summed E-state index contributed by atoms with van der Waals surface area (Å²) in [5.41, 5.74) is 2.27. The number of amides is 2. The number of aryl methyl sites for hydroxylation is 1. The summed E-state index contributed by atoms with van der Waals surface area (Å²) in [6, 6.07) is 5.54. The molecule has 1 aromatic carbocycles. The van der Waals surface area contributed by atoms with Crippen LogP contribution in [0.25, 0.3) is 0 Å². The molecule has 3 N–H and O–H groups in total. The molecule has 2 amide bonds. The molecule has 1 aromatic rings. The Hall–Kier alpha value is -1.20. The molecule has 19 heavy (non-hydrogen) atoms. The molecule has 1 fully saturated rings. The lowest BCUT2D eigenvalue weighted by Crippen LogP contribution is -2.44. The van der Waals surface area contributed by atoms with Crippen LogP contribution in [-0.2, 0) is 0 Å². The number of hydrogen-bond acceptors (Lipinski definition) is 3. The van der Waals surface area contributed by atoms with Gasteiger partial charge in [0.25, 0.3) is 0 Å². The van der Waals surface area contributed by atoms with E-state index in [0.29, 0.717) is 12.3 Å². The van der Waals surface area contributed by atoms with Crippen LogP contribution in [0.4, 0.5) is 10.5 Å². The van der Waals surface area contributed by atoms with Crippen molar-refractivity contribution < 1.29 is 9.90 Å². The van der Waals surface area contributed by atoms with E-state index in [1.54, 1.807) is 11.8 Å². The summed E-state index contributed by atoms with van der Waals surface area (Å²) >= 11 is 1.72. The third-order valence-electron chi connectivity index (χ3n) is 3.51. The fourth-order valence-electron chi connectivity index (χ4n) is 2.03. The van der Waals surface area contributed by atoms with Crippen LogP contribution >= 0.6 is 11.8 Å². The Labute approximate surface area is 118 Å². The van der Waals surface area contributed by atoms with Gasteiger partial charge in [0.2, 0.25) is 0 Å². The van der Waals surface area contributed by atoms with Gasteiger partial charge in [0.1, 0.15) is 0 Å². The van der Waals surface area contributed by atoms with E-state index < -0.39 is 5.60 Å². The predicted octanol–water partition coefficient (Wildman–Crippen LogP) is 2.29. The number of anilines is 1. The topological polar surface area (TPSA) is 61.4 Å². The van der Waals surface area contributed by atoms with Crippen LogP contribution in [0.2, 0.25) is 0 Å². The molecule has 1 saturated heterocycles. The van der Waals surface area contributed by atoms with Crippen molar-refractivity contribution in [2.24, 2.45) is 0 Å². The molecule has 1 aliphatic heterocycles. The smallest absolute Gasteiger partial charge is 0.319 e. The van der Waals surface area contributed by atoms with Gasteiger partial charge in [-0.05, 0) is 43.2 Å². The largest absolute Gasteiger partial charge is 0.387 e. The van der Waals surface area contributed by atoms with Crippen LogP contribution in [0, 0.1) is 13.8 Å².